The Morgan fingerprint density at radius 3 is 2.74 bits per heavy atom. The Labute approximate surface area is 134 Å². The van der Waals surface area contributed by atoms with Gasteiger partial charge in [-0.25, -0.2) is 14.8 Å². The molecule has 0 aliphatic heterocycles. The fourth-order valence-corrected chi connectivity index (χ4v) is 2.98. The van der Waals surface area contributed by atoms with Gasteiger partial charge in [-0.15, -0.1) is 0 Å². The highest BCUT2D eigenvalue weighted by molar-refractivity contribution is 5.82. The van der Waals surface area contributed by atoms with E-state index in [4.69, 9.17) is 9.47 Å². The number of ether oxygens (including phenoxy) is 2. The highest BCUT2D eigenvalue weighted by Gasteiger charge is 2.41. The van der Waals surface area contributed by atoms with Crippen LogP contribution in [0.2, 0.25) is 0 Å². The lowest BCUT2D eigenvalue weighted by Crippen LogP contribution is -2.42. The van der Waals surface area contributed by atoms with Crippen LogP contribution in [-0.2, 0) is 21.3 Å². The van der Waals surface area contributed by atoms with Crippen LogP contribution >= 0.6 is 0 Å². The first-order chi connectivity index (χ1) is 11.0. The quantitative estimate of drug-likeness (QED) is 0.803. The van der Waals surface area contributed by atoms with Crippen molar-refractivity contribution in [1.82, 2.24) is 19.7 Å². The molecule has 1 aliphatic rings. The van der Waals surface area contributed by atoms with Crippen molar-refractivity contribution in [3.8, 4) is 0 Å². The van der Waals surface area contributed by atoms with Crippen LogP contribution in [0.1, 0.15) is 30.8 Å². The fourth-order valence-electron chi connectivity index (χ4n) is 2.98. The maximum absolute atomic E-state index is 12.0. The second-order valence-corrected chi connectivity index (χ2v) is 5.76. The average Bonchev–Trinajstić information content (AvgIpc) is 2.96. The van der Waals surface area contributed by atoms with Crippen LogP contribution in [0.15, 0.2) is 12.3 Å². The third-order valence-electron chi connectivity index (χ3n) is 4.49. The molecule has 1 aliphatic carbocycles. The molecule has 122 valence electrons. The summed E-state index contributed by atoms with van der Waals surface area (Å²) in [4.78, 5) is 21.2. The minimum atomic E-state index is -0.899. The summed E-state index contributed by atoms with van der Waals surface area (Å²) < 4.78 is 12.1. The number of allylic oxidation sites excluding steroid dienone is 1. The van der Waals surface area contributed by atoms with Crippen molar-refractivity contribution < 1.29 is 14.3 Å². The number of methoxy groups -OCH3 is 2. The molecule has 7 heteroatoms. The van der Waals surface area contributed by atoms with Crippen molar-refractivity contribution in [2.45, 2.75) is 31.8 Å². The lowest BCUT2D eigenvalue weighted by molar-refractivity contribution is -0.166. The molecule has 23 heavy (non-hydrogen) atoms. The standard InChI is InChI=1S/C16H20N4O3/c1-10-12-9-17-20(2)14(12)19-13(18-10)11-5-7-16(23-4,8-6-11)15(21)22-3/h5,9H,6-8H2,1-4H3. The number of rotatable bonds is 3. The van der Waals surface area contributed by atoms with Gasteiger partial charge in [-0.1, -0.05) is 6.08 Å². The highest BCUT2D eigenvalue weighted by atomic mass is 16.6. The number of aromatic nitrogens is 4. The summed E-state index contributed by atoms with van der Waals surface area (Å²) in [5.74, 6) is 0.350. The molecule has 0 spiro atoms. The maximum Gasteiger partial charge on any atom is 0.338 e. The van der Waals surface area contributed by atoms with E-state index in [9.17, 15) is 4.79 Å². The number of fused-ring (bicyclic) bond motifs is 1. The number of hydrogen-bond donors (Lipinski definition) is 0. The normalized spacial score (nSPS) is 21.3. The van der Waals surface area contributed by atoms with Gasteiger partial charge in [-0.2, -0.15) is 5.10 Å². The van der Waals surface area contributed by atoms with Crippen LogP contribution in [0.4, 0.5) is 0 Å². The van der Waals surface area contributed by atoms with Crippen molar-refractivity contribution in [3.05, 3.63) is 23.8 Å². The first-order valence-electron chi connectivity index (χ1n) is 7.50. The van der Waals surface area contributed by atoms with Gasteiger partial charge < -0.3 is 9.47 Å². The molecule has 3 rings (SSSR count). The van der Waals surface area contributed by atoms with E-state index in [1.54, 1.807) is 10.9 Å². The summed E-state index contributed by atoms with van der Waals surface area (Å²) in [5, 5.41) is 5.18. The number of carbonyl (C=O) groups is 1. The maximum atomic E-state index is 12.0. The zero-order valence-electron chi connectivity index (χ0n) is 13.8. The minimum absolute atomic E-state index is 0.338. The van der Waals surface area contributed by atoms with Crippen LogP contribution in [0.3, 0.4) is 0 Å². The molecule has 0 radical (unpaired) electrons. The molecule has 0 aromatic carbocycles. The van der Waals surface area contributed by atoms with Gasteiger partial charge in [-0.05, 0) is 25.3 Å². The van der Waals surface area contributed by atoms with Gasteiger partial charge in [0.15, 0.2) is 17.1 Å². The van der Waals surface area contributed by atoms with Crippen LogP contribution in [0.25, 0.3) is 16.6 Å². The van der Waals surface area contributed by atoms with E-state index in [-0.39, 0.29) is 5.97 Å². The molecule has 2 heterocycles. The third kappa shape index (κ3) is 2.50. The summed E-state index contributed by atoms with van der Waals surface area (Å²) in [6, 6.07) is 0. The Bertz CT molecular complexity index is 796. The van der Waals surface area contributed by atoms with E-state index in [0.717, 1.165) is 22.3 Å². The van der Waals surface area contributed by atoms with E-state index >= 15 is 0 Å². The summed E-state index contributed by atoms with van der Waals surface area (Å²) in [5.41, 5.74) is 1.83. The zero-order valence-corrected chi connectivity index (χ0v) is 13.8. The number of esters is 1. The Kier molecular flexibility index (Phi) is 3.89. The molecular weight excluding hydrogens is 296 g/mol. The molecule has 0 fully saturated rings. The SMILES string of the molecule is COC(=O)C1(OC)CC=C(c2nc(C)c3cnn(C)c3n2)CC1. The summed E-state index contributed by atoms with van der Waals surface area (Å²) >= 11 is 0. The van der Waals surface area contributed by atoms with Crippen LogP contribution < -0.4 is 0 Å². The molecule has 7 nitrogen and oxygen atoms in total. The van der Waals surface area contributed by atoms with Crippen molar-refractivity contribution in [2.24, 2.45) is 7.05 Å². The van der Waals surface area contributed by atoms with Gasteiger partial charge in [0.2, 0.25) is 0 Å². The van der Waals surface area contributed by atoms with Gasteiger partial charge >= 0.3 is 5.97 Å². The molecule has 1 atom stereocenters. The lowest BCUT2D eigenvalue weighted by Gasteiger charge is -2.32. The molecule has 0 amide bonds. The van der Waals surface area contributed by atoms with E-state index in [0.29, 0.717) is 25.1 Å². The van der Waals surface area contributed by atoms with Gasteiger partial charge in [0.1, 0.15) is 0 Å². The molecule has 0 bridgehead atoms. The van der Waals surface area contributed by atoms with Gasteiger partial charge in [0, 0.05) is 20.6 Å². The first kappa shape index (κ1) is 15.6. The second-order valence-electron chi connectivity index (χ2n) is 5.76. The minimum Gasteiger partial charge on any atom is -0.467 e. The number of aryl methyl sites for hydroxylation is 2. The summed E-state index contributed by atoms with van der Waals surface area (Å²) in [6.45, 7) is 1.95. The molecule has 1 unspecified atom stereocenters. The summed E-state index contributed by atoms with van der Waals surface area (Å²) in [7, 11) is 4.78. The predicted octanol–water partition coefficient (Wildman–Crippen LogP) is 1.80. The third-order valence-corrected chi connectivity index (χ3v) is 4.49. The molecule has 2 aromatic heterocycles. The molecule has 2 aromatic rings. The monoisotopic (exact) mass is 316 g/mol. The largest absolute Gasteiger partial charge is 0.467 e. The Morgan fingerprint density at radius 1 is 1.35 bits per heavy atom. The van der Waals surface area contributed by atoms with E-state index in [2.05, 4.69) is 15.1 Å². The molecule has 0 saturated carbocycles. The molecule has 0 saturated heterocycles. The van der Waals surface area contributed by atoms with Crippen LogP contribution in [0.5, 0.6) is 0 Å². The van der Waals surface area contributed by atoms with Crippen molar-refractivity contribution in [3.63, 3.8) is 0 Å². The Morgan fingerprint density at radius 2 is 2.13 bits per heavy atom. The van der Waals surface area contributed by atoms with E-state index < -0.39 is 5.60 Å². The number of hydrogen-bond acceptors (Lipinski definition) is 6. The van der Waals surface area contributed by atoms with Crippen LogP contribution in [0, 0.1) is 6.92 Å². The second kappa shape index (κ2) is 5.73. The first-order valence-corrected chi connectivity index (χ1v) is 7.50. The molecular formula is C16H20N4O3. The average molecular weight is 316 g/mol. The number of carbonyl (C=O) groups excluding carboxylic acids is 1. The van der Waals surface area contributed by atoms with E-state index in [1.165, 1.54) is 14.2 Å². The topological polar surface area (TPSA) is 79.1 Å². The van der Waals surface area contributed by atoms with Crippen molar-refractivity contribution >= 4 is 22.6 Å². The Hall–Kier alpha value is -2.28. The number of nitrogens with zero attached hydrogens (tertiary/aromatic N) is 4. The van der Waals surface area contributed by atoms with Gasteiger partial charge in [-0.3, -0.25) is 4.68 Å². The molecule has 0 N–H and O–H groups in total. The lowest BCUT2D eigenvalue weighted by atomic mass is 9.85. The summed E-state index contributed by atoms with van der Waals surface area (Å²) in [6.07, 6.45) is 5.41. The van der Waals surface area contributed by atoms with E-state index in [1.807, 2.05) is 20.0 Å². The van der Waals surface area contributed by atoms with Crippen LogP contribution in [-0.4, -0.2) is 45.5 Å². The van der Waals surface area contributed by atoms with Crippen molar-refractivity contribution in [1.29, 1.82) is 0 Å². The van der Waals surface area contributed by atoms with Gasteiger partial charge in [0.05, 0.1) is 24.4 Å². The smallest absolute Gasteiger partial charge is 0.338 e. The fraction of sp³-hybridized carbons (Fsp3) is 0.500. The zero-order chi connectivity index (χ0) is 16.6. The Balaban J connectivity index is 1.96. The van der Waals surface area contributed by atoms with Gasteiger partial charge in [0.25, 0.3) is 0 Å². The predicted molar refractivity (Wildman–Crippen MR) is 84.6 cm³/mol. The van der Waals surface area contributed by atoms with Crippen molar-refractivity contribution in [2.75, 3.05) is 14.2 Å². The highest BCUT2D eigenvalue weighted by Crippen LogP contribution is 2.35.